The number of rotatable bonds is 3. The van der Waals surface area contributed by atoms with E-state index in [0.29, 0.717) is 0 Å². The lowest BCUT2D eigenvalue weighted by molar-refractivity contribution is -0.114. The summed E-state index contributed by atoms with van der Waals surface area (Å²) in [6.45, 7) is 12.5. The summed E-state index contributed by atoms with van der Waals surface area (Å²) in [4.78, 5) is 14.5. The summed E-state index contributed by atoms with van der Waals surface area (Å²) in [5.41, 5.74) is 3.55. The first-order valence-electron chi connectivity index (χ1n) is 11.2. The zero-order chi connectivity index (χ0) is 23.8. The highest BCUT2D eigenvalue weighted by atomic mass is 32.1. The second-order valence-electron chi connectivity index (χ2n) is 10.4. The van der Waals surface area contributed by atoms with E-state index in [1.165, 1.54) is 5.39 Å². The molecule has 0 radical (unpaired) electrons. The third-order valence-electron chi connectivity index (χ3n) is 5.72. The van der Waals surface area contributed by atoms with Gasteiger partial charge in [-0.3, -0.25) is 4.79 Å². The van der Waals surface area contributed by atoms with E-state index < -0.39 is 0 Å². The maximum atomic E-state index is 13.5. The van der Waals surface area contributed by atoms with Crippen molar-refractivity contribution in [2.45, 2.75) is 41.5 Å². The molecule has 0 spiro atoms. The van der Waals surface area contributed by atoms with Crippen molar-refractivity contribution in [3.63, 3.8) is 0 Å². The number of fused-ring (bicyclic) bond motifs is 1. The Morgan fingerprint density at radius 2 is 1.36 bits per heavy atom. The van der Waals surface area contributed by atoms with E-state index >= 15 is 0 Å². The van der Waals surface area contributed by atoms with E-state index in [4.69, 9.17) is 5.11 Å². The molecule has 2 aromatic carbocycles. The first-order chi connectivity index (χ1) is 15.6. The molecule has 0 saturated carbocycles. The number of hydrogen-bond acceptors (Lipinski definition) is 4. The summed E-state index contributed by atoms with van der Waals surface area (Å²) in [7, 11) is 0. The van der Waals surface area contributed by atoms with E-state index in [1.54, 1.807) is 11.3 Å². The van der Waals surface area contributed by atoms with Crippen LogP contribution in [0.2, 0.25) is 0 Å². The number of hydrogen-bond donors (Lipinski definition) is 0. The lowest BCUT2D eigenvalue weighted by Crippen LogP contribution is -2.28. The first kappa shape index (κ1) is 23.1. The molecule has 0 fully saturated rings. The lowest BCUT2D eigenvalue weighted by atomic mass is 9.71. The van der Waals surface area contributed by atoms with Crippen LogP contribution in [0.3, 0.4) is 0 Å². The fourth-order valence-corrected chi connectivity index (χ4v) is 4.93. The van der Waals surface area contributed by atoms with Gasteiger partial charge in [0.1, 0.15) is 5.70 Å². The Bertz CT molecular complexity index is 1290. The Hall–Kier alpha value is -3.11. The number of carbonyl (C=O) groups excluding carboxylic acids is 1. The number of ketones is 1. The van der Waals surface area contributed by atoms with Gasteiger partial charge in [0.2, 0.25) is 0 Å². The molecule has 0 aliphatic heterocycles. The molecule has 168 valence electrons. The molecular weight excluding hydrogens is 424 g/mol. The van der Waals surface area contributed by atoms with Crippen LogP contribution in [0.25, 0.3) is 16.5 Å². The van der Waals surface area contributed by atoms with Crippen molar-refractivity contribution in [1.29, 1.82) is 0 Å². The summed E-state index contributed by atoms with van der Waals surface area (Å²) in [6.07, 6.45) is 4.04. The third kappa shape index (κ3) is 4.81. The standard InChI is InChI=1S/C29H30N2OS/c1-28(2,3)23-16-20(17-24(26(23)32)29(4,5)6)25(31-30-21-13-8-7-9-14-21)27-22-15-11-10-12-19(22)18-33-27/h7-18H,1-6H3. The largest absolute Gasteiger partial charge is 0.289 e. The summed E-state index contributed by atoms with van der Waals surface area (Å²) in [5.74, 6) is 0.120. The van der Waals surface area contributed by atoms with Gasteiger partial charge in [0, 0.05) is 22.1 Å². The average Bonchev–Trinajstić information content (AvgIpc) is 3.18. The molecule has 1 heterocycles. The highest BCUT2D eigenvalue weighted by Crippen LogP contribution is 2.42. The van der Waals surface area contributed by atoms with Gasteiger partial charge in [0.25, 0.3) is 0 Å². The molecule has 0 amide bonds. The van der Waals surface area contributed by atoms with Crippen LogP contribution in [0.1, 0.15) is 46.4 Å². The first-order valence-corrected chi connectivity index (χ1v) is 12.1. The summed E-state index contributed by atoms with van der Waals surface area (Å²) in [6, 6.07) is 18.1. The molecule has 0 N–H and O–H groups in total. The Morgan fingerprint density at radius 3 is 1.97 bits per heavy atom. The maximum absolute atomic E-state index is 13.5. The van der Waals surface area contributed by atoms with E-state index in [1.807, 2.05) is 54.6 Å². The zero-order valence-electron chi connectivity index (χ0n) is 20.1. The Kier molecular flexibility index (Phi) is 6.06. The van der Waals surface area contributed by atoms with Gasteiger partial charge < -0.3 is 0 Å². The second-order valence-corrected chi connectivity index (χ2v) is 11.3. The predicted molar refractivity (Wildman–Crippen MR) is 140 cm³/mol. The molecule has 3 nitrogen and oxygen atoms in total. The van der Waals surface area contributed by atoms with Gasteiger partial charge in [-0.1, -0.05) is 84.0 Å². The van der Waals surface area contributed by atoms with Crippen molar-refractivity contribution in [1.82, 2.24) is 0 Å². The van der Waals surface area contributed by atoms with E-state index in [9.17, 15) is 4.79 Å². The highest BCUT2D eigenvalue weighted by Gasteiger charge is 2.35. The molecular formula is C29H30N2OS. The number of thiophene rings is 1. The summed E-state index contributed by atoms with van der Waals surface area (Å²) >= 11 is 1.66. The van der Waals surface area contributed by atoms with Crippen LogP contribution in [-0.4, -0.2) is 5.78 Å². The number of carbonyl (C=O) groups is 1. The Labute approximate surface area is 200 Å². The van der Waals surface area contributed by atoms with E-state index in [-0.39, 0.29) is 16.6 Å². The van der Waals surface area contributed by atoms with Gasteiger partial charge in [-0.25, -0.2) is 0 Å². The van der Waals surface area contributed by atoms with Crippen LogP contribution in [0.5, 0.6) is 0 Å². The molecule has 1 aromatic heterocycles. The summed E-state index contributed by atoms with van der Waals surface area (Å²) in [5, 5.41) is 13.8. The molecule has 33 heavy (non-hydrogen) atoms. The minimum Gasteiger partial charge on any atom is -0.289 e. The minimum absolute atomic E-state index is 0.120. The quantitative estimate of drug-likeness (QED) is 0.364. The fraction of sp³-hybridized carbons (Fsp3) is 0.276. The van der Waals surface area contributed by atoms with Crippen molar-refractivity contribution in [2.24, 2.45) is 21.1 Å². The average molecular weight is 455 g/mol. The number of azo groups is 1. The molecule has 0 saturated heterocycles. The van der Waals surface area contributed by atoms with Gasteiger partial charge in [0.05, 0.1) is 10.6 Å². The van der Waals surface area contributed by atoms with Crippen LogP contribution in [0.15, 0.2) is 99.1 Å². The Morgan fingerprint density at radius 1 is 0.788 bits per heavy atom. The Balaban J connectivity index is 2.02. The molecule has 0 atom stereocenters. The molecule has 3 aromatic rings. The van der Waals surface area contributed by atoms with Gasteiger partial charge in [0.15, 0.2) is 5.78 Å². The van der Waals surface area contributed by atoms with Crippen LogP contribution in [0.4, 0.5) is 5.69 Å². The second kappa shape index (κ2) is 8.68. The number of nitrogens with zero attached hydrogens (tertiary/aromatic N) is 2. The van der Waals surface area contributed by atoms with Crippen LogP contribution < -0.4 is 0 Å². The zero-order valence-corrected chi connectivity index (χ0v) is 21.0. The molecule has 1 aliphatic rings. The smallest absolute Gasteiger partial charge is 0.186 e. The highest BCUT2D eigenvalue weighted by molar-refractivity contribution is 7.12. The maximum Gasteiger partial charge on any atom is 0.186 e. The van der Waals surface area contributed by atoms with Crippen molar-refractivity contribution in [2.75, 3.05) is 0 Å². The molecule has 1 aliphatic carbocycles. The molecule has 4 heteroatoms. The monoisotopic (exact) mass is 454 g/mol. The van der Waals surface area contributed by atoms with Crippen molar-refractivity contribution in [3.05, 3.63) is 93.7 Å². The molecule has 4 rings (SSSR count). The van der Waals surface area contributed by atoms with Gasteiger partial charge >= 0.3 is 0 Å². The number of Topliss-reactive ketones (excluding diaryl/α,β-unsaturated/α-hetero) is 1. The molecule has 0 unspecified atom stereocenters. The van der Waals surface area contributed by atoms with Crippen molar-refractivity contribution >= 4 is 39.3 Å². The topological polar surface area (TPSA) is 41.8 Å². The van der Waals surface area contributed by atoms with Crippen LogP contribution in [-0.2, 0) is 4.79 Å². The van der Waals surface area contributed by atoms with Crippen molar-refractivity contribution < 1.29 is 4.79 Å². The van der Waals surface area contributed by atoms with E-state index in [0.717, 1.165) is 38.4 Å². The predicted octanol–water partition coefficient (Wildman–Crippen LogP) is 8.92. The van der Waals surface area contributed by atoms with Crippen molar-refractivity contribution in [3.8, 4) is 0 Å². The minimum atomic E-state index is -0.285. The third-order valence-corrected chi connectivity index (χ3v) is 6.75. The van der Waals surface area contributed by atoms with Gasteiger partial charge in [-0.2, -0.15) is 5.11 Å². The number of allylic oxidation sites excluding steroid dienone is 5. The number of benzene rings is 2. The fourth-order valence-electron chi connectivity index (χ4n) is 3.89. The van der Waals surface area contributed by atoms with Gasteiger partial charge in [-0.15, -0.1) is 16.5 Å². The van der Waals surface area contributed by atoms with Crippen LogP contribution in [0, 0.1) is 10.8 Å². The van der Waals surface area contributed by atoms with E-state index in [2.05, 4.69) is 64.2 Å². The lowest BCUT2D eigenvalue weighted by Gasteiger charge is -2.31. The normalized spacial score (nSPS) is 15.2. The molecule has 0 bridgehead atoms. The van der Waals surface area contributed by atoms with Gasteiger partial charge in [-0.05, 0) is 45.9 Å². The van der Waals surface area contributed by atoms with Crippen LogP contribution >= 0.6 is 11.3 Å². The SMILES string of the molecule is CC(C)(C)C1=CC(=C(N=Nc2ccccc2)c2scc3ccccc23)C=C(C(C)(C)C)C1=O. The summed E-state index contributed by atoms with van der Waals surface area (Å²) < 4.78 is 0.